The topological polar surface area (TPSA) is 93.8 Å². The van der Waals surface area contributed by atoms with Crippen LogP contribution in [0.1, 0.15) is 17.5 Å². The first-order valence-electron chi connectivity index (χ1n) is 9.35. The normalized spacial score (nSPS) is 11.8. The molecule has 1 aromatic heterocycles. The predicted octanol–water partition coefficient (Wildman–Crippen LogP) is 3.07. The minimum Gasteiger partial charge on any atom is -0.493 e. The number of benzene rings is 1. The van der Waals surface area contributed by atoms with Crippen molar-refractivity contribution in [3.63, 3.8) is 0 Å². The van der Waals surface area contributed by atoms with Crippen molar-refractivity contribution in [2.45, 2.75) is 19.0 Å². The lowest BCUT2D eigenvalue weighted by Gasteiger charge is -2.10. The Kier molecular flexibility index (Phi) is 8.57. The number of nitrogens with one attached hydrogen (secondary N) is 2. The minimum atomic E-state index is -4.38. The van der Waals surface area contributed by atoms with Gasteiger partial charge in [0.25, 0.3) is 0 Å². The quantitative estimate of drug-likeness (QED) is 0.308. The van der Waals surface area contributed by atoms with E-state index in [-0.39, 0.29) is 0 Å². The third-order valence-electron chi connectivity index (χ3n) is 4.18. The molecule has 1 heterocycles. The molecule has 0 saturated carbocycles. The zero-order valence-electron chi connectivity index (χ0n) is 16.9. The molecule has 10 heteroatoms. The van der Waals surface area contributed by atoms with Gasteiger partial charge >= 0.3 is 6.18 Å². The SMILES string of the molecule is COc1ccc(CCNC(N)=NCCCNc2ccc(C(F)(F)F)cn2)cc1OC. The minimum absolute atomic E-state index is 0.336. The molecule has 164 valence electrons. The third kappa shape index (κ3) is 7.34. The number of methoxy groups -OCH3 is 2. The number of aliphatic imine (C=N–C) groups is 1. The molecule has 7 nitrogen and oxygen atoms in total. The molecule has 2 aromatic rings. The number of ether oxygens (including phenoxy) is 2. The zero-order chi connectivity index (χ0) is 22.0. The van der Waals surface area contributed by atoms with Gasteiger partial charge in [-0.3, -0.25) is 4.99 Å². The molecule has 0 fully saturated rings. The Balaban J connectivity index is 1.66. The number of nitrogens with zero attached hydrogens (tertiary/aromatic N) is 2. The fourth-order valence-corrected chi connectivity index (χ4v) is 2.59. The fourth-order valence-electron chi connectivity index (χ4n) is 2.59. The lowest BCUT2D eigenvalue weighted by Crippen LogP contribution is -2.33. The molecule has 0 atom stereocenters. The van der Waals surface area contributed by atoms with Crippen LogP contribution in [0.4, 0.5) is 19.0 Å². The molecule has 4 N–H and O–H groups in total. The van der Waals surface area contributed by atoms with E-state index in [9.17, 15) is 13.2 Å². The molecule has 2 rings (SSSR count). The highest BCUT2D eigenvalue weighted by atomic mass is 19.4. The average Bonchev–Trinajstić information content (AvgIpc) is 2.73. The van der Waals surface area contributed by atoms with Crippen molar-refractivity contribution in [3.05, 3.63) is 47.7 Å². The van der Waals surface area contributed by atoms with Crippen LogP contribution < -0.4 is 25.8 Å². The van der Waals surface area contributed by atoms with Crippen LogP contribution in [0.25, 0.3) is 0 Å². The molecule has 1 aromatic carbocycles. The largest absolute Gasteiger partial charge is 0.493 e. The van der Waals surface area contributed by atoms with Crippen LogP contribution >= 0.6 is 0 Å². The summed E-state index contributed by atoms with van der Waals surface area (Å²) in [7, 11) is 3.18. The Bertz CT molecular complexity index is 826. The fraction of sp³-hybridized carbons (Fsp3) is 0.400. The van der Waals surface area contributed by atoms with Crippen molar-refractivity contribution >= 4 is 11.8 Å². The summed E-state index contributed by atoms with van der Waals surface area (Å²) < 4.78 is 48.0. The number of halogens is 3. The molecule has 0 bridgehead atoms. The molecule has 0 aliphatic carbocycles. The van der Waals surface area contributed by atoms with E-state index in [1.165, 1.54) is 6.07 Å². The second kappa shape index (κ2) is 11.1. The van der Waals surface area contributed by atoms with Crippen molar-refractivity contribution < 1.29 is 22.6 Å². The number of alkyl halides is 3. The predicted molar refractivity (Wildman–Crippen MR) is 110 cm³/mol. The van der Waals surface area contributed by atoms with Gasteiger partial charge in [0.15, 0.2) is 17.5 Å². The van der Waals surface area contributed by atoms with E-state index in [1.807, 2.05) is 18.2 Å². The van der Waals surface area contributed by atoms with Crippen LogP contribution in [0, 0.1) is 0 Å². The van der Waals surface area contributed by atoms with Gasteiger partial charge in [0.05, 0.1) is 19.8 Å². The van der Waals surface area contributed by atoms with Crippen LogP contribution in [0.15, 0.2) is 41.5 Å². The smallest absolute Gasteiger partial charge is 0.417 e. The van der Waals surface area contributed by atoms with Crippen LogP contribution in [0.2, 0.25) is 0 Å². The monoisotopic (exact) mass is 425 g/mol. The molecule has 0 spiro atoms. The zero-order valence-corrected chi connectivity index (χ0v) is 16.9. The summed E-state index contributed by atoms with van der Waals surface area (Å²) in [5.41, 5.74) is 6.14. The molecule has 0 radical (unpaired) electrons. The highest BCUT2D eigenvalue weighted by molar-refractivity contribution is 5.77. The molecule has 30 heavy (non-hydrogen) atoms. The van der Waals surface area contributed by atoms with E-state index in [4.69, 9.17) is 15.2 Å². The Morgan fingerprint density at radius 3 is 2.50 bits per heavy atom. The Hall–Kier alpha value is -3.17. The molecule has 0 unspecified atom stereocenters. The van der Waals surface area contributed by atoms with Gasteiger partial charge in [0, 0.05) is 25.8 Å². The van der Waals surface area contributed by atoms with E-state index in [1.54, 1.807) is 14.2 Å². The first kappa shape index (κ1) is 23.1. The van der Waals surface area contributed by atoms with Crippen molar-refractivity contribution in [1.29, 1.82) is 0 Å². The second-order valence-electron chi connectivity index (χ2n) is 6.34. The first-order valence-corrected chi connectivity index (χ1v) is 9.35. The highest BCUT2D eigenvalue weighted by Gasteiger charge is 2.30. The van der Waals surface area contributed by atoms with Gasteiger partial charge in [-0.05, 0) is 42.7 Å². The number of hydrogen-bond donors (Lipinski definition) is 3. The summed E-state index contributed by atoms with van der Waals surface area (Å²) >= 11 is 0. The number of nitrogens with two attached hydrogens (primary N) is 1. The van der Waals surface area contributed by atoms with Gasteiger partial charge in [-0.25, -0.2) is 4.98 Å². The number of guanidine groups is 1. The van der Waals surface area contributed by atoms with Gasteiger partial charge in [-0.1, -0.05) is 6.07 Å². The van der Waals surface area contributed by atoms with Crippen molar-refractivity contribution in [1.82, 2.24) is 10.3 Å². The molecular weight excluding hydrogens is 399 g/mol. The van der Waals surface area contributed by atoms with E-state index in [0.717, 1.165) is 24.2 Å². The lowest BCUT2D eigenvalue weighted by molar-refractivity contribution is -0.137. The Morgan fingerprint density at radius 2 is 1.87 bits per heavy atom. The number of hydrogen-bond acceptors (Lipinski definition) is 5. The summed E-state index contributed by atoms with van der Waals surface area (Å²) in [6, 6.07) is 8.01. The maximum absolute atomic E-state index is 12.5. The molecule has 0 amide bonds. The maximum Gasteiger partial charge on any atom is 0.417 e. The van der Waals surface area contributed by atoms with Crippen molar-refractivity contribution in [2.24, 2.45) is 10.7 Å². The van der Waals surface area contributed by atoms with Gasteiger partial charge < -0.3 is 25.8 Å². The number of anilines is 1. The van der Waals surface area contributed by atoms with Crippen LogP contribution in [0.5, 0.6) is 11.5 Å². The van der Waals surface area contributed by atoms with Gasteiger partial charge in [0.1, 0.15) is 5.82 Å². The first-order chi connectivity index (χ1) is 14.3. The second-order valence-corrected chi connectivity index (χ2v) is 6.34. The number of aromatic nitrogens is 1. The number of pyridine rings is 1. The molecule has 0 saturated heterocycles. The Morgan fingerprint density at radius 1 is 1.10 bits per heavy atom. The van der Waals surface area contributed by atoms with E-state index in [0.29, 0.717) is 49.3 Å². The van der Waals surface area contributed by atoms with Crippen molar-refractivity contribution in [2.75, 3.05) is 39.2 Å². The molecule has 0 aliphatic rings. The van der Waals surface area contributed by atoms with E-state index >= 15 is 0 Å². The van der Waals surface area contributed by atoms with Crippen molar-refractivity contribution in [3.8, 4) is 11.5 Å². The van der Waals surface area contributed by atoms with E-state index in [2.05, 4.69) is 20.6 Å². The molecule has 0 aliphatic heterocycles. The molecular formula is C20H26F3N5O2. The Labute approximate surface area is 173 Å². The highest BCUT2D eigenvalue weighted by Crippen LogP contribution is 2.29. The maximum atomic E-state index is 12.5. The summed E-state index contributed by atoms with van der Waals surface area (Å²) in [6.07, 6.45) is -2.19. The number of rotatable bonds is 10. The summed E-state index contributed by atoms with van der Waals surface area (Å²) in [5.74, 6) is 2.07. The van der Waals surface area contributed by atoms with Crippen LogP contribution in [-0.4, -0.2) is 44.8 Å². The van der Waals surface area contributed by atoms with E-state index < -0.39 is 11.7 Å². The standard InChI is InChI=1S/C20H26F3N5O2/c1-29-16-6-4-14(12-17(16)30-2)8-11-27-19(24)26-10-3-9-25-18-7-5-15(13-28-18)20(21,22)23/h4-7,12-13H,3,8-11H2,1-2H3,(H,25,28)(H3,24,26,27). The van der Waals surface area contributed by atoms with Gasteiger partial charge in [0.2, 0.25) is 0 Å². The summed E-state index contributed by atoms with van der Waals surface area (Å²) in [6.45, 7) is 1.60. The summed E-state index contributed by atoms with van der Waals surface area (Å²) in [5, 5.41) is 5.99. The summed E-state index contributed by atoms with van der Waals surface area (Å²) in [4.78, 5) is 7.97. The lowest BCUT2D eigenvalue weighted by atomic mass is 10.1. The average molecular weight is 425 g/mol. The van der Waals surface area contributed by atoms with Crippen LogP contribution in [-0.2, 0) is 12.6 Å². The van der Waals surface area contributed by atoms with Gasteiger partial charge in [-0.2, -0.15) is 13.2 Å². The third-order valence-corrected chi connectivity index (χ3v) is 4.18. The van der Waals surface area contributed by atoms with Crippen LogP contribution in [0.3, 0.4) is 0 Å². The van der Waals surface area contributed by atoms with Gasteiger partial charge in [-0.15, -0.1) is 0 Å².